The van der Waals surface area contributed by atoms with Crippen molar-refractivity contribution in [2.24, 2.45) is 0 Å². The van der Waals surface area contributed by atoms with Crippen LogP contribution in [0, 0.1) is 0 Å². The Morgan fingerprint density at radius 1 is 1.19 bits per heavy atom. The van der Waals surface area contributed by atoms with Crippen LogP contribution in [0.25, 0.3) is 10.9 Å². The lowest BCUT2D eigenvalue weighted by atomic mass is 10.00. The SMILES string of the molecule is O=C(NC(c1ccco1)c1cc(Cl)c2cccnc2c1O)c1cccnc1. The highest BCUT2D eigenvalue weighted by Gasteiger charge is 2.25. The third-order valence-electron chi connectivity index (χ3n) is 4.18. The van der Waals surface area contributed by atoms with Gasteiger partial charge < -0.3 is 14.8 Å². The number of phenols is 1. The van der Waals surface area contributed by atoms with E-state index in [1.54, 1.807) is 54.9 Å². The van der Waals surface area contributed by atoms with Gasteiger partial charge in [0.1, 0.15) is 23.1 Å². The van der Waals surface area contributed by atoms with Crippen molar-refractivity contribution in [1.29, 1.82) is 0 Å². The number of rotatable bonds is 4. The largest absolute Gasteiger partial charge is 0.505 e. The lowest BCUT2D eigenvalue weighted by Gasteiger charge is -2.19. The molecule has 2 N–H and O–H groups in total. The second-order valence-electron chi connectivity index (χ2n) is 5.86. The highest BCUT2D eigenvalue weighted by molar-refractivity contribution is 6.35. The molecule has 0 aliphatic heterocycles. The van der Waals surface area contributed by atoms with Gasteiger partial charge in [-0.15, -0.1) is 0 Å². The molecule has 0 saturated carbocycles. The minimum Gasteiger partial charge on any atom is -0.505 e. The Bertz CT molecular complexity index is 1100. The van der Waals surface area contributed by atoms with Gasteiger partial charge in [-0.25, -0.2) is 0 Å². The van der Waals surface area contributed by atoms with Gasteiger partial charge in [-0.3, -0.25) is 14.8 Å². The van der Waals surface area contributed by atoms with Crippen molar-refractivity contribution >= 4 is 28.4 Å². The molecule has 4 aromatic rings. The Balaban J connectivity index is 1.82. The van der Waals surface area contributed by atoms with Crippen molar-refractivity contribution in [2.45, 2.75) is 6.04 Å². The van der Waals surface area contributed by atoms with Crippen LogP contribution in [0.2, 0.25) is 5.02 Å². The van der Waals surface area contributed by atoms with E-state index in [9.17, 15) is 9.90 Å². The van der Waals surface area contributed by atoms with Crippen molar-refractivity contribution in [3.05, 3.63) is 89.2 Å². The Morgan fingerprint density at radius 2 is 2.04 bits per heavy atom. The van der Waals surface area contributed by atoms with Crippen molar-refractivity contribution in [3.63, 3.8) is 0 Å². The third-order valence-corrected chi connectivity index (χ3v) is 4.50. The van der Waals surface area contributed by atoms with Crippen LogP contribution in [-0.2, 0) is 0 Å². The number of hydrogen-bond donors (Lipinski definition) is 2. The maximum Gasteiger partial charge on any atom is 0.253 e. The molecule has 0 fully saturated rings. The summed E-state index contributed by atoms with van der Waals surface area (Å²) < 4.78 is 5.49. The Labute approximate surface area is 159 Å². The van der Waals surface area contributed by atoms with Gasteiger partial charge in [-0.1, -0.05) is 11.6 Å². The number of halogens is 1. The van der Waals surface area contributed by atoms with Crippen LogP contribution < -0.4 is 5.32 Å². The first kappa shape index (κ1) is 17.1. The molecule has 1 amide bonds. The minimum atomic E-state index is -0.753. The second kappa shape index (κ2) is 7.09. The summed E-state index contributed by atoms with van der Waals surface area (Å²) in [5, 5.41) is 14.7. The molecule has 3 aromatic heterocycles. The van der Waals surface area contributed by atoms with Gasteiger partial charge in [0.2, 0.25) is 0 Å². The highest BCUT2D eigenvalue weighted by atomic mass is 35.5. The fourth-order valence-corrected chi connectivity index (χ4v) is 3.17. The molecule has 1 unspecified atom stereocenters. The summed E-state index contributed by atoms with van der Waals surface area (Å²) in [4.78, 5) is 20.8. The molecule has 0 radical (unpaired) electrons. The number of benzene rings is 1. The number of nitrogens with zero attached hydrogens (tertiary/aromatic N) is 2. The monoisotopic (exact) mass is 379 g/mol. The van der Waals surface area contributed by atoms with E-state index in [0.29, 0.717) is 32.8 Å². The van der Waals surface area contributed by atoms with E-state index in [1.165, 1.54) is 12.5 Å². The number of aromatic hydroxyl groups is 1. The third kappa shape index (κ3) is 3.22. The summed E-state index contributed by atoms with van der Waals surface area (Å²) in [5.74, 6) is 0.0258. The molecule has 134 valence electrons. The second-order valence-corrected chi connectivity index (χ2v) is 6.27. The zero-order valence-electron chi connectivity index (χ0n) is 14.0. The Morgan fingerprint density at radius 3 is 2.78 bits per heavy atom. The number of carbonyl (C=O) groups excluding carboxylic acids is 1. The lowest BCUT2D eigenvalue weighted by Crippen LogP contribution is -2.29. The number of furan rings is 1. The number of pyridine rings is 2. The smallest absolute Gasteiger partial charge is 0.253 e. The maximum atomic E-state index is 12.7. The number of amides is 1. The normalized spacial score (nSPS) is 12.0. The molecule has 0 aliphatic carbocycles. The Hall–Kier alpha value is -3.38. The zero-order valence-corrected chi connectivity index (χ0v) is 14.7. The molecule has 0 saturated heterocycles. The predicted molar refractivity (Wildman–Crippen MR) is 101 cm³/mol. The summed E-state index contributed by atoms with van der Waals surface area (Å²) in [7, 11) is 0. The fraction of sp³-hybridized carbons (Fsp3) is 0.0500. The van der Waals surface area contributed by atoms with Crippen LogP contribution in [0.4, 0.5) is 0 Å². The van der Waals surface area contributed by atoms with E-state index in [-0.39, 0.29) is 11.7 Å². The van der Waals surface area contributed by atoms with Crippen LogP contribution >= 0.6 is 11.6 Å². The molecule has 0 aliphatic rings. The number of phenolic OH excluding ortho intramolecular Hbond substituents is 1. The molecule has 1 aromatic carbocycles. The topological polar surface area (TPSA) is 88.2 Å². The standard InChI is InChI=1S/C20H14ClN3O3/c21-15-10-14(19(25)18-13(15)5-2-8-23-18)17(16-6-3-9-27-16)24-20(26)12-4-1-7-22-11-12/h1-11,17,25H,(H,24,26). The predicted octanol–water partition coefficient (Wildman–Crippen LogP) is 4.10. The summed E-state index contributed by atoms with van der Waals surface area (Å²) in [6.45, 7) is 0. The Kier molecular flexibility index (Phi) is 4.48. The van der Waals surface area contributed by atoms with E-state index in [4.69, 9.17) is 16.0 Å². The van der Waals surface area contributed by atoms with E-state index in [2.05, 4.69) is 15.3 Å². The van der Waals surface area contributed by atoms with Crippen LogP contribution in [0.3, 0.4) is 0 Å². The number of fused-ring (bicyclic) bond motifs is 1. The van der Waals surface area contributed by atoms with Crippen molar-refractivity contribution in [2.75, 3.05) is 0 Å². The first-order valence-corrected chi connectivity index (χ1v) is 8.53. The molecule has 3 heterocycles. The summed E-state index contributed by atoms with van der Waals surface area (Å²) >= 11 is 6.39. The van der Waals surface area contributed by atoms with Gasteiger partial charge in [0, 0.05) is 29.5 Å². The number of aromatic nitrogens is 2. The minimum absolute atomic E-state index is 0.0668. The number of nitrogens with one attached hydrogen (secondary N) is 1. The first-order chi connectivity index (χ1) is 13.1. The molecule has 1 atom stereocenters. The molecule has 27 heavy (non-hydrogen) atoms. The highest BCUT2D eigenvalue weighted by Crippen LogP contribution is 2.38. The van der Waals surface area contributed by atoms with Gasteiger partial charge in [-0.2, -0.15) is 0 Å². The number of hydrogen-bond acceptors (Lipinski definition) is 5. The summed E-state index contributed by atoms with van der Waals surface area (Å²) in [6, 6.07) is 11.1. The van der Waals surface area contributed by atoms with Crippen molar-refractivity contribution in [1.82, 2.24) is 15.3 Å². The van der Waals surface area contributed by atoms with Gasteiger partial charge in [-0.05, 0) is 42.5 Å². The van der Waals surface area contributed by atoms with Crippen LogP contribution in [0.15, 0.2) is 71.7 Å². The molecule has 7 heteroatoms. The molecule has 0 spiro atoms. The van der Waals surface area contributed by atoms with Crippen LogP contribution in [0.1, 0.15) is 27.7 Å². The van der Waals surface area contributed by atoms with E-state index in [1.807, 2.05) is 0 Å². The first-order valence-electron chi connectivity index (χ1n) is 8.15. The van der Waals surface area contributed by atoms with E-state index >= 15 is 0 Å². The fourth-order valence-electron chi connectivity index (χ4n) is 2.90. The summed E-state index contributed by atoms with van der Waals surface area (Å²) in [5.41, 5.74) is 1.13. The van der Waals surface area contributed by atoms with Gasteiger partial charge in [0.15, 0.2) is 0 Å². The van der Waals surface area contributed by atoms with Crippen molar-refractivity contribution in [3.8, 4) is 5.75 Å². The molecule has 0 bridgehead atoms. The quantitative estimate of drug-likeness (QED) is 0.557. The van der Waals surface area contributed by atoms with Gasteiger partial charge in [0.25, 0.3) is 5.91 Å². The molecular formula is C20H14ClN3O3. The van der Waals surface area contributed by atoms with E-state index in [0.717, 1.165) is 0 Å². The van der Waals surface area contributed by atoms with Gasteiger partial charge in [0.05, 0.1) is 16.8 Å². The van der Waals surface area contributed by atoms with Gasteiger partial charge >= 0.3 is 0 Å². The van der Waals surface area contributed by atoms with Crippen LogP contribution in [0.5, 0.6) is 5.75 Å². The number of carbonyl (C=O) groups is 1. The van der Waals surface area contributed by atoms with Crippen molar-refractivity contribution < 1.29 is 14.3 Å². The van der Waals surface area contributed by atoms with E-state index < -0.39 is 6.04 Å². The zero-order chi connectivity index (χ0) is 18.8. The lowest BCUT2D eigenvalue weighted by molar-refractivity contribution is 0.0938. The molecular weight excluding hydrogens is 366 g/mol. The average Bonchev–Trinajstić information content (AvgIpc) is 3.24. The van der Waals surface area contributed by atoms with Crippen LogP contribution in [-0.4, -0.2) is 21.0 Å². The summed E-state index contributed by atoms with van der Waals surface area (Å²) in [6.07, 6.45) is 6.11. The molecule has 4 rings (SSSR count). The molecule has 6 nitrogen and oxygen atoms in total. The average molecular weight is 380 g/mol. The maximum absolute atomic E-state index is 12.7.